The lowest BCUT2D eigenvalue weighted by Gasteiger charge is -2.32. The summed E-state index contributed by atoms with van der Waals surface area (Å²) in [6.07, 6.45) is 7.82. The molecule has 0 spiro atoms. The van der Waals surface area contributed by atoms with E-state index in [0.29, 0.717) is 16.8 Å². The van der Waals surface area contributed by atoms with Crippen LogP contribution in [0.3, 0.4) is 0 Å². The van der Waals surface area contributed by atoms with E-state index in [2.05, 4.69) is 63.4 Å². The van der Waals surface area contributed by atoms with Gasteiger partial charge in [-0.2, -0.15) is 0 Å². The third kappa shape index (κ3) is 4.58. The minimum Gasteiger partial charge on any atom is -0.328 e. The normalized spacial score (nSPS) is 14.8. The van der Waals surface area contributed by atoms with Crippen LogP contribution in [0.15, 0.2) is 102 Å². The number of hydrogen-bond donors (Lipinski definition) is 1. The average Bonchev–Trinajstić information content (AvgIpc) is 2.94. The molecule has 4 heterocycles. The summed E-state index contributed by atoms with van der Waals surface area (Å²) in [5, 5.41) is 0.604. The van der Waals surface area contributed by atoms with Crippen LogP contribution in [0.4, 0.5) is 0 Å². The number of pyridine rings is 3. The summed E-state index contributed by atoms with van der Waals surface area (Å²) >= 11 is 0. The fourth-order valence-electron chi connectivity index (χ4n) is 5.25. The van der Waals surface area contributed by atoms with Crippen molar-refractivity contribution in [2.75, 3.05) is 13.1 Å². The van der Waals surface area contributed by atoms with Crippen molar-refractivity contribution in [1.29, 1.82) is 0 Å². The number of nitrogens with one attached hydrogen (secondary N) is 1. The number of piperidine rings is 1. The van der Waals surface area contributed by atoms with E-state index in [1.165, 1.54) is 24.0 Å². The maximum absolute atomic E-state index is 12.4. The van der Waals surface area contributed by atoms with Gasteiger partial charge in [0.05, 0.1) is 16.6 Å². The van der Waals surface area contributed by atoms with Gasteiger partial charge in [-0.3, -0.25) is 14.7 Å². The van der Waals surface area contributed by atoms with Crippen LogP contribution in [0.2, 0.25) is 0 Å². The van der Waals surface area contributed by atoms with Crippen molar-refractivity contribution < 1.29 is 0 Å². The number of aromatic amines is 1. The molecule has 1 aliphatic rings. The standard InChI is InChI=1S/C31H28N4O/c36-31-28-20-27(25-4-2-1-3-5-25)30(34-29(28)12-17-33-31)26-8-6-22(7-9-26)21-35-18-13-24(14-19-35)23-10-15-32-16-11-23/h1-12,15-17,20,24H,13-14,18-19,21H2,(H,33,36). The maximum atomic E-state index is 12.4. The summed E-state index contributed by atoms with van der Waals surface area (Å²) in [7, 11) is 0. The van der Waals surface area contributed by atoms with Crippen molar-refractivity contribution in [2.45, 2.75) is 25.3 Å². The molecule has 0 atom stereocenters. The summed E-state index contributed by atoms with van der Waals surface area (Å²) in [6, 6.07) is 27.0. The highest BCUT2D eigenvalue weighted by Gasteiger charge is 2.20. The first kappa shape index (κ1) is 22.4. The van der Waals surface area contributed by atoms with Crippen molar-refractivity contribution in [3.8, 4) is 22.4 Å². The first-order valence-electron chi connectivity index (χ1n) is 12.5. The van der Waals surface area contributed by atoms with Crippen LogP contribution in [0.1, 0.15) is 29.9 Å². The number of rotatable bonds is 5. The van der Waals surface area contributed by atoms with Crippen LogP contribution in [0, 0.1) is 0 Å². The minimum absolute atomic E-state index is 0.119. The molecule has 1 N–H and O–H groups in total. The molecule has 0 unspecified atom stereocenters. The quantitative estimate of drug-likeness (QED) is 0.339. The molecule has 0 saturated carbocycles. The highest BCUT2D eigenvalue weighted by molar-refractivity contribution is 5.91. The van der Waals surface area contributed by atoms with E-state index >= 15 is 0 Å². The van der Waals surface area contributed by atoms with Gasteiger partial charge in [0.15, 0.2) is 0 Å². The molecule has 0 aliphatic carbocycles. The van der Waals surface area contributed by atoms with Crippen molar-refractivity contribution in [1.82, 2.24) is 19.9 Å². The minimum atomic E-state index is -0.119. The number of H-pyrrole nitrogens is 1. The number of benzene rings is 2. The Kier molecular flexibility index (Phi) is 6.14. The largest absolute Gasteiger partial charge is 0.328 e. The topological polar surface area (TPSA) is 61.9 Å². The van der Waals surface area contributed by atoms with Crippen LogP contribution in [0.5, 0.6) is 0 Å². The zero-order chi connectivity index (χ0) is 24.3. The number of fused-ring (bicyclic) bond motifs is 1. The molecule has 36 heavy (non-hydrogen) atoms. The summed E-state index contributed by atoms with van der Waals surface area (Å²) in [4.78, 5) is 26.8. The van der Waals surface area contributed by atoms with Gasteiger partial charge in [-0.15, -0.1) is 0 Å². The van der Waals surface area contributed by atoms with Crippen LogP contribution >= 0.6 is 0 Å². The van der Waals surface area contributed by atoms with Gasteiger partial charge in [-0.1, -0.05) is 54.6 Å². The molecule has 5 heteroatoms. The zero-order valence-corrected chi connectivity index (χ0v) is 20.1. The fourth-order valence-corrected chi connectivity index (χ4v) is 5.25. The molecule has 3 aromatic heterocycles. The Morgan fingerprint density at radius 1 is 0.861 bits per heavy atom. The van der Waals surface area contributed by atoms with E-state index in [0.717, 1.165) is 42.0 Å². The monoisotopic (exact) mass is 472 g/mol. The highest BCUT2D eigenvalue weighted by Crippen LogP contribution is 2.33. The number of nitrogens with zero attached hydrogens (tertiary/aromatic N) is 3. The SMILES string of the molecule is O=c1[nH]ccc2nc(-c3ccc(CN4CCC(c5ccncc5)CC4)cc3)c(-c3ccccc3)cc12. The second kappa shape index (κ2) is 9.88. The first-order chi connectivity index (χ1) is 17.7. The molecular formula is C31H28N4O. The molecule has 1 aliphatic heterocycles. The van der Waals surface area contributed by atoms with Crippen molar-refractivity contribution in [2.24, 2.45) is 0 Å². The second-order valence-corrected chi connectivity index (χ2v) is 9.52. The van der Waals surface area contributed by atoms with Gasteiger partial charge < -0.3 is 4.98 Å². The third-order valence-corrected chi connectivity index (χ3v) is 7.24. The smallest absolute Gasteiger partial charge is 0.257 e. The van der Waals surface area contributed by atoms with Crippen molar-refractivity contribution >= 4 is 10.9 Å². The van der Waals surface area contributed by atoms with E-state index in [1.807, 2.05) is 42.7 Å². The van der Waals surface area contributed by atoms with Crippen LogP contribution in [-0.2, 0) is 6.54 Å². The number of likely N-dealkylation sites (tertiary alicyclic amines) is 1. The first-order valence-corrected chi connectivity index (χ1v) is 12.5. The summed E-state index contributed by atoms with van der Waals surface area (Å²) in [5.41, 5.74) is 7.26. The molecule has 0 amide bonds. The van der Waals surface area contributed by atoms with Gasteiger partial charge >= 0.3 is 0 Å². The van der Waals surface area contributed by atoms with Gasteiger partial charge in [0.25, 0.3) is 5.56 Å². The van der Waals surface area contributed by atoms with Gasteiger partial charge in [-0.05, 0) is 72.8 Å². The van der Waals surface area contributed by atoms with E-state index in [1.54, 1.807) is 6.20 Å². The predicted molar refractivity (Wildman–Crippen MR) is 145 cm³/mol. The Morgan fingerprint density at radius 2 is 1.61 bits per heavy atom. The molecule has 0 bridgehead atoms. The van der Waals surface area contributed by atoms with Gasteiger partial charge in [0, 0.05) is 36.3 Å². The zero-order valence-electron chi connectivity index (χ0n) is 20.1. The van der Waals surface area contributed by atoms with Gasteiger partial charge in [-0.25, -0.2) is 4.98 Å². The van der Waals surface area contributed by atoms with Crippen LogP contribution in [-0.4, -0.2) is 32.9 Å². The highest BCUT2D eigenvalue weighted by atomic mass is 16.1. The second-order valence-electron chi connectivity index (χ2n) is 9.52. The number of hydrogen-bond acceptors (Lipinski definition) is 4. The summed E-state index contributed by atoms with van der Waals surface area (Å²) in [6.45, 7) is 3.16. The van der Waals surface area contributed by atoms with Crippen molar-refractivity contribution in [3.63, 3.8) is 0 Å². The Labute approximate surface area is 210 Å². The molecule has 1 fully saturated rings. The lowest BCUT2D eigenvalue weighted by atomic mass is 9.90. The third-order valence-electron chi connectivity index (χ3n) is 7.24. The summed E-state index contributed by atoms with van der Waals surface area (Å²) < 4.78 is 0. The Hall–Kier alpha value is -4.09. The molecule has 2 aromatic carbocycles. The lowest BCUT2D eigenvalue weighted by Crippen LogP contribution is -2.32. The van der Waals surface area contributed by atoms with Crippen LogP contribution in [0.25, 0.3) is 33.3 Å². The Balaban J connectivity index is 1.24. The molecule has 0 radical (unpaired) electrons. The van der Waals surface area contributed by atoms with E-state index < -0.39 is 0 Å². The van der Waals surface area contributed by atoms with E-state index in [-0.39, 0.29) is 5.56 Å². The van der Waals surface area contributed by atoms with Crippen molar-refractivity contribution in [3.05, 3.63) is 119 Å². The number of aromatic nitrogens is 3. The molecule has 1 saturated heterocycles. The van der Waals surface area contributed by atoms with Gasteiger partial charge in [0.1, 0.15) is 0 Å². The molecule has 178 valence electrons. The average molecular weight is 473 g/mol. The van der Waals surface area contributed by atoms with E-state index in [9.17, 15) is 4.79 Å². The van der Waals surface area contributed by atoms with Gasteiger partial charge in [0.2, 0.25) is 0 Å². The summed E-state index contributed by atoms with van der Waals surface area (Å²) in [5.74, 6) is 0.634. The van der Waals surface area contributed by atoms with E-state index in [4.69, 9.17) is 4.98 Å². The lowest BCUT2D eigenvalue weighted by molar-refractivity contribution is 0.204. The molecular weight excluding hydrogens is 444 g/mol. The Bertz CT molecular complexity index is 1520. The molecule has 5 aromatic rings. The van der Waals surface area contributed by atoms with Crippen LogP contribution < -0.4 is 5.56 Å². The fraction of sp³-hybridized carbons (Fsp3) is 0.194. The predicted octanol–water partition coefficient (Wildman–Crippen LogP) is 6.03. The molecule has 6 rings (SSSR count). The Morgan fingerprint density at radius 3 is 2.36 bits per heavy atom. The molecule has 5 nitrogen and oxygen atoms in total. The maximum Gasteiger partial charge on any atom is 0.257 e.